The third kappa shape index (κ3) is 3.11. The van der Waals surface area contributed by atoms with Crippen LogP contribution in [0.5, 0.6) is 0 Å². The Morgan fingerprint density at radius 2 is 1.86 bits per heavy atom. The van der Waals surface area contributed by atoms with Crippen LogP contribution in [0.1, 0.15) is 35.6 Å². The Labute approximate surface area is 127 Å². The van der Waals surface area contributed by atoms with Gasteiger partial charge in [-0.3, -0.25) is 0 Å². The Kier molecular flexibility index (Phi) is 4.26. The second-order valence-corrected chi connectivity index (χ2v) is 5.88. The van der Waals surface area contributed by atoms with E-state index < -0.39 is 0 Å². The molecule has 0 fully saturated rings. The Hall–Kier alpha value is -1.80. The molecule has 0 amide bonds. The second kappa shape index (κ2) is 6.31. The number of benzene rings is 2. The summed E-state index contributed by atoms with van der Waals surface area (Å²) in [6.45, 7) is 4.07. The highest BCUT2D eigenvalue weighted by atomic mass is 16.3. The molecule has 1 aliphatic rings. The van der Waals surface area contributed by atoms with Gasteiger partial charge in [0.15, 0.2) is 0 Å². The van der Waals surface area contributed by atoms with Crippen LogP contribution in [0.3, 0.4) is 0 Å². The Morgan fingerprint density at radius 3 is 2.71 bits per heavy atom. The van der Waals surface area contributed by atoms with Crippen LogP contribution in [0.25, 0.3) is 0 Å². The smallest absolute Gasteiger partial charge is 0.0809 e. The largest absolute Gasteiger partial charge is 0.388 e. The number of nitrogens with zero attached hydrogens (tertiary/aromatic N) is 1. The predicted octanol–water partition coefficient (Wildman–Crippen LogP) is 3.87. The van der Waals surface area contributed by atoms with Gasteiger partial charge in [-0.1, -0.05) is 42.5 Å². The van der Waals surface area contributed by atoms with E-state index in [0.29, 0.717) is 0 Å². The first kappa shape index (κ1) is 14.2. The van der Waals surface area contributed by atoms with Crippen molar-refractivity contribution in [2.45, 2.75) is 32.3 Å². The molecular formula is C19H23NO. The first-order valence-electron chi connectivity index (χ1n) is 7.82. The lowest BCUT2D eigenvalue weighted by Crippen LogP contribution is -2.31. The zero-order valence-corrected chi connectivity index (χ0v) is 12.6. The van der Waals surface area contributed by atoms with Gasteiger partial charge < -0.3 is 10.0 Å². The summed E-state index contributed by atoms with van der Waals surface area (Å²) in [5.74, 6) is 0. The molecule has 0 aromatic heterocycles. The Balaban J connectivity index is 1.67. The van der Waals surface area contributed by atoms with E-state index >= 15 is 0 Å². The van der Waals surface area contributed by atoms with Crippen molar-refractivity contribution in [3.05, 3.63) is 65.2 Å². The van der Waals surface area contributed by atoms with Crippen molar-refractivity contribution in [3.63, 3.8) is 0 Å². The number of hydrogen-bond donors (Lipinski definition) is 1. The van der Waals surface area contributed by atoms with Crippen LogP contribution >= 0.6 is 0 Å². The lowest BCUT2D eigenvalue weighted by atomic mass is 9.99. The van der Waals surface area contributed by atoms with Gasteiger partial charge in [-0.2, -0.15) is 0 Å². The lowest BCUT2D eigenvalue weighted by molar-refractivity contribution is 0.168. The number of para-hydroxylation sites is 1. The zero-order valence-electron chi connectivity index (χ0n) is 12.6. The van der Waals surface area contributed by atoms with Crippen LogP contribution in [0.15, 0.2) is 48.5 Å². The van der Waals surface area contributed by atoms with E-state index in [4.69, 9.17) is 0 Å². The normalized spacial score (nSPS) is 15.6. The minimum absolute atomic E-state index is 0.375. The molecule has 0 aliphatic carbocycles. The van der Waals surface area contributed by atoms with Crippen LogP contribution in [0, 0.1) is 6.92 Å². The van der Waals surface area contributed by atoms with E-state index in [2.05, 4.69) is 42.2 Å². The quantitative estimate of drug-likeness (QED) is 0.919. The molecule has 21 heavy (non-hydrogen) atoms. The highest BCUT2D eigenvalue weighted by Gasteiger charge is 2.18. The van der Waals surface area contributed by atoms with E-state index in [9.17, 15) is 5.11 Å². The number of aliphatic hydroxyl groups is 1. The molecule has 1 aliphatic heterocycles. The van der Waals surface area contributed by atoms with Crippen LogP contribution in [-0.4, -0.2) is 18.2 Å². The van der Waals surface area contributed by atoms with Crippen LogP contribution in [0.2, 0.25) is 0 Å². The third-order valence-electron chi connectivity index (χ3n) is 4.43. The average Bonchev–Trinajstić information content (AvgIpc) is 2.53. The topological polar surface area (TPSA) is 23.5 Å². The maximum absolute atomic E-state index is 10.5. The predicted molar refractivity (Wildman–Crippen MR) is 87.7 cm³/mol. The summed E-state index contributed by atoms with van der Waals surface area (Å²) in [5.41, 5.74) is 5.02. The van der Waals surface area contributed by atoms with Crippen molar-refractivity contribution >= 4 is 5.69 Å². The molecule has 1 unspecified atom stereocenters. The summed E-state index contributed by atoms with van der Waals surface area (Å²) in [4.78, 5) is 2.42. The summed E-state index contributed by atoms with van der Waals surface area (Å²) in [7, 11) is 0. The number of anilines is 1. The van der Waals surface area contributed by atoms with Crippen molar-refractivity contribution in [1.82, 2.24) is 0 Å². The van der Waals surface area contributed by atoms with Crippen LogP contribution in [-0.2, 0) is 6.42 Å². The lowest BCUT2D eigenvalue weighted by Gasteiger charge is -2.32. The molecule has 0 saturated carbocycles. The molecule has 1 atom stereocenters. The van der Waals surface area contributed by atoms with Gasteiger partial charge in [0.05, 0.1) is 6.10 Å². The molecule has 3 rings (SSSR count). The number of fused-ring (bicyclic) bond motifs is 1. The van der Waals surface area contributed by atoms with Crippen LogP contribution in [0.4, 0.5) is 5.69 Å². The minimum atomic E-state index is -0.375. The fourth-order valence-corrected chi connectivity index (χ4v) is 3.24. The van der Waals surface area contributed by atoms with Crippen molar-refractivity contribution in [3.8, 4) is 0 Å². The van der Waals surface area contributed by atoms with Crippen molar-refractivity contribution in [2.24, 2.45) is 0 Å². The molecule has 110 valence electrons. The van der Waals surface area contributed by atoms with E-state index in [0.717, 1.165) is 25.1 Å². The summed E-state index contributed by atoms with van der Waals surface area (Å²) in [5, 5.41) is 10.5. The number of aliphatic hydroxyl groups excluding tert-OH is 1. The van der Waals surface area contributed by atoms with E-state index in [1.165, 1.54) is 29.7 Å². The Morgan fingerprint density at radius 1 is 1.10 bits per heavy atom. The van der Waals surface area contributed by atoms with Crippen molar-refractivity contribution in [1.29, 1.82) is 0 Å². The maximum Gasteiger partial charge on any atom is 0.0809 e. The molecule has 2 nitrogen and oxygen atoms in total. The Bertz CT molecular complexity index is 608. The first-order valence-corrected chi connectivity index (χ1v) is 7.82. The highest BCUT2D eigenvalue weighted by Crippen LogP contribution is 2.28. The molecule has 0 saturated heterocycles. The molecular weight excluding hydrogens is 258 g/mol. The number of rotatable bonds is 4. The fourth-order valence-electron chi connectivity index (χ4n) is 3.24. The number of aryl methyl sites for hydroxylation is 2. The summed E-state index contributed by atoms with van der Waals surface area (Å²) in [6, 6.07) is 16.8. The van der Waals surface area contributed by atoms with Gasteiger partial charge in [-0.15, -0.1) is 0 Å². The SMILES string of the molecule is Cc1ccccc1C(O)CCN1CCCc2ccccc21. The number of hydrogen-bond acceptors (Lipinski definition) is 2. The van der Waals surface area contributed by atoms with Crippen molar-refractivity contribution in [2.75, 3.05) is 18.0 Å². The molecule has 0 bridgehead atoms. The standard InChI is InChI=1S/C19H23NO/c1-15-7-2-4-10-17(15)19(21)12-14-20-13-6-9-16-8-3-5-11-18(16)20/h2-5,7-8,10-11,19,21H,6,9,12-14H2,1H3. The van der Waals surface area contributed by atoms with E-state index in [1.54, 1.807) is 0 Å². The van der Waals surface area contributed by atoms with Gasteiger partial charge in [0.1, 0.15) is 0 Å². The summed E-state index contributed by atoms with van der Waals surface area (Å²) >= 11 is 0. The minimum Gasteiger partial charge on any atom is -0.388 e. The van der Waals surface area contributed by atoms with Crippen molar-refractivity contribution < 1.29 is 5.11 Å². The highest BCUT2D eigenvalue weighted by molar-refractivity contribution is 5.55. The van der Waals surface area contributed by atoms with Crippen LogP contribution < -0.4 is 4.90 Å². The van der Waals surface area contributed by atoms with Gasteiger partial charge in [0.25, 0.3) is 0 Å². The van der Waals surface area contributed by atoms with E-state index in [1.807, 2.05) is 18.2 Å². The fraction of sp³-hybridized carbons (Fsp3) is 0.368. The molecule has 1 N–H and O–H groups in total. The average molecular weight is 281 g/mol. The molecule has 2 heteroatoms. The zero-order chi connectivity index (χ0) is 14.7. The molecule has 2 aromatic rings. The second-order valence-electron chi connectivity index (χ2n) is 5.88. The molecule has 1 heterocycles. The van der Waals surface area contributed by atoms with Gasteiger partial charge in [0.2, 0.25) is 0 Å². The summed E-state index contributed by atoms with van der Waals surface area (Å²) < 4.78 is 0. The van der Waals surface area contributed by atoms with Gasteiger partial charge in [-0.05, 0) is 48.9 Å². The first-order chi connectivity index (χ1) is 10.3. The maximum atomic E-state index is 10.5. The molecule has 0 spiro atoms. The van der Waals surface area contributed by atoms with Gasteiger partial charge >= 0.3 is 0 Å². The molecule has 0 radical (unpaired) electrons. The van der Waals surface area contributed by atoms with Gasteiger partial charge in [0, 0.05) is 18.8 Å². The third-order valence-corrected chi connectivity index (χ3v) is 4.43. The summed E-state index contributed by atoms with van der Waals surface area (Å²) in [6.07, 6.45) is 2.78. The monoisotopic (exact) mass is 281 g/mol. The van der Waals surface area contributed by atoms with Gasteiger partial charge in [-0.25, -0.2) is 0 Å². The van der Waals surface area contributed by atoms with E-state index in [-0.39, 0.29) is 6.10 Å². The molecule has 2 aromatic carbocycles.